The predicted octanol–water partition coefficient (Wildman–Crippen LogP) is 5.74. The number of benzene rings is 1. The highest BCUT2D eigenvalue weighted by Crippen LogP contribution is 2.38. The van der Waals surface area contributed by atoms with Gasteiger partial charge in [-0.25, -0.2) is 8.78 Å². The summed E-state index contributed by atoms with van der Waals surface area (Å²) in [7, 11) is 0. The van der Waals surface area contributed by atoms with Crippen molar-refractivity contribution in [1.82, 2.24) is 0 Å². The lowest BCUT2D eigenvalue weighted by molar-refractivity contribution is 0.307. The Bertz CT molecular complexity index is 552. The number of rotatable bonds is 4. The molecule has 1 aromatic carbocycles. The second-order valence-electron chi connectivity index (χ2n) is 6.70. The summed E-state index contributed by atoms with van der Waals surface area (Å²) in [5, 5.41) is 0. The molecule has 1 fully saturated rings. The topological polar surface area (TPSA) is 0 Å². The van der Waals surface area contributed by atoms with Crippen molar-refractivity contribution in [3.05, 3.63) is 34.9 Å². The third-order valence-corrected chi connectivity index (χ3v) is 7.66. The first-order valence-electron chi connectivity index (χ1n) is 8.81. The van der Waals surface area contributed by atoms with Gasteiger partial charge in [0.25, 0.3) is 4.20 Å². The summed E-state index contributed by atoms with van der Waals surface area (Å²) >= 11 is 3.18. The fraction of sp³-hybridized carbons (Fsp3) is 0.632. The summed E-state index contributed by atoms with van der Waals surface area (Å²) < 4.78 is 29.9. The van der Waals surface area contributed by atoms with E-state index >= 15 is 0 Å². The Kier molecular flexibility index (Phi) is 6.08. The molecule has 1 aliphatic heterocycles. The van der Waals surface area contributed by atoms with E-state index in [-0.39, 0.29) is 17.2 Å². The quantitative estimate of drug-likeness (QED) is 0.490. The van der Waals surface area contributed by atoms with Crippen molar-refractivity contribution in [1.29, 1.82) is 0 Å². The smallest absolute Gasteiger partial charge is 0.206 e. The molecule has 0 unspecified atom stereocenters. The lowest BCUT2D eigenvalue weighted by atomic mass is 9.77. The van der Waals surface area contributed by atoms with E-state index in [1.165, 1.54) is 25.7 Å². The first-order chi connectivity index (χ1) is 11.2. The Morgan fingerprint density at radius 1 is 1.13 bits per heavy atom. The van der Waals surface area contributed by atoms with E-state index < -0.39 is 0 Å². The van der Waals surface area contributed by atoms with Crippen LogP contribution in [0.5, 0.6) is 0 Å². The van der Waals surface area contributed by atoms with Gasteiger partial charge in [0, 0.05) is 12.2 Å². The minimum atomic E-state index is -0.368. The zero-order valence-electron chi connectivity index (χ0n) is 13.7. The maximum Gasteiger partial charge on any atom is 0.270 e. The van der Waals surface area contributed by atoms with Crippen LogP contribution in [0.2, 0.25) is 0 Å². The van der Waals surface area contributed by atoms with Gasteiger partial charge in [0.1, 0.15) is 17.2 Å². The number of halogens is 2. The molecule has 0 saturated heterocycles. The Morgan fingerprint density at radius 2 is 1.83 bits per heavy atom. The van der Waals surface area contributed by atoms with Gasteiger partial charge in [-0.2, -0.15) is 0 Å². The highest BCUT2D eigenvalue weighted by Gasteiger charge is 2.29. The average molecular weight is 356 g/mol. The maximum atomic E-state index is 14.6. The zero-order valence-corrected chi connectivity index (χ0v) is 15.4. The van der Waals surface area contributed by atoms with Crippen molar-refractivity contribution < 1.29 is 8.78 Å². The molecule has 1 aliphatic carbocycles. The van der Waals surface area contributed by atoms with Gasteiger partial charge in [0.2, 0.25) is 0 Å². The SMILES string of the molecule is CCCC1CCC(c2cc(F)c(C3=[S+]CCCS3)c(F)c2)CC1. The molecule has 4 heteroatoms. The van der Waals surface area contributed by atoms with E-state index in [2.05, 4.69) is 6.92 Å². The summed E-state index contributed by atoms with van der Waals surface area (Å²) in [6, 6.07) is 3.21. The van der Waals surface area contributed by atoms with Crippen LogP contribution in [0.25, 0.3) is 0 Å². The van der Waals surface area contributed by atoms with Gasteiger partial charge in [-0.1, -0.05) is 31.5 Å². The molecular weight excluding hydrogens is 330 g/mol. The van der Waals surface area contributed by atoms with E-state index in [4.69, 9.17) is 0 Å². The maximum absolute atomic E-state index is 14.6. The van der Waals surface area contributed by atoms with Crippen molar-refractivity contribution in [2.75, 3.05) is 11.5 Å². The van der Waals surface area contributed by atoms with Gasteiger partial charge in [-0.3, -0.25) is 0 Å². The van der Waals surface area contributed by atoms with Crippen LogP contribution in [-0.4, -0.2) is 15.7 Å². The molecule has 0 aromatic heterocycles. The molecule has 23 heavy (non-hydrogen) atoms. The van der Waals surface area contributed by atoms with Crippen LogP contribution in [0, 0.1) is 17.6 Å². The highest BCUT2D eigenvalue weighted by molar-refractivity contribution is 8.23. The summed E-state index contributed by atoms with van der Waals surface area (Å²) in [5.41, 5.74) is 1.08. The molecule has 1 saturated carbocycles. The molecule has 0 radical (unpaired) electrons. The van der Waals surface area contributed by atoms with Gasteiger partial charge in [0.15, 0.2) is 17.1 Å². The summed E-state index contributed by atoms with van der Waals surface area (Å²) in [6.45, 7) is 2.23. The van der Waals surface area contributed by atoms with E-state index in [0.29, 0.717) is 5.92 Å². The predicted molar refractivity (Wildman–Crippen MR) is 99.4 cm³/mol. The summed E-state index contributed by atoms with van der Waals surface area (Å²) in [4.78, 5) is 0. The molecule has 1 heterocycles. The van der Waals surface area contributed by atoms with Crippen molar-refractivity contribution in [3.63, 3.8) is 0 Å². The van der Waals surface area contributed by atoms with Gasteiger partial charge in [-0.05, 0) is 55.2 Å². The summed E-state index contributed by atoms with van der Waals surface area (Å²) in [5.74, 6) is 2.34. The number of hydrogen-bond donors (Lipinski definition) is 0. The van der Waals surface area contributed by atoms with Crippen LogP contribution in [-0.2, 0) is 11.4 Å². The fourth-order valence-electron chi connectivity index (χ4n) is 3.79. The van der Waals surface area contributed by atoms with Crippen LogP contribution in [0.4, 0.5) is 8.78 Å². The molecule has 126 valence electrons. The third kappa shape index (κ3) is 4.14. The zero-order chi connectivity index (χ0) is 16.2. The minimum Gasteiger partial charge on any atom is -0.206 e. The molecule has 0 bridgehead atoms. The van der Waals surface area contributed by atoms with Crippen molar-refractivity contribution in [3.8, 4) is 0 Å². The lowest BCUT2D eigenvalue weighted by Gasteiger charge is -2.28. The van der Waals surface area contributed by atoms with Crippen LogP contribution >= 0.6 is 11.8 Å². The van der Waals surface area contributed by atoms with Crippen molar-refractivity contribution in [2.24, 2.45) is 5.92 Å². The monoisotopic (exact) mass is 355 g/mol. The van der Waals surface area contributed by atoms with E-state index in [0.717, 1.165) is 46.4 Å². The Balaban J connectivity index is 1.76. The minimum absolute atomic E-state index is 0.211. The molecule has 1 aromatic rings. The largest absolute Gasteiger partial charge is 0.270 e. The molecule has 3 rings (SSSR count). The molecule has 2 aliphatic rings. The van der Waals surface area contributed by atoms with E-state index in [1.54, 1.807) is 35.2 Å². The first-order valence-corrected chi connectivity index (χ1v) is 10.8. The Morgan fingerprint density at radius 3 is 2.39 bits per heavy atom. The van der Waals surface area contributed by atoms with Crippen LogP contribution < -0.4 is 0 Å². The normalized spacial score (nSPS) is 25.3. The number of thioether (sulfide) groups is 1. The van der Waals surface area contributed by atoms with Crippen LogP contribution in [0.15, 0.2) is 12.1 Å². The lowest BCUT2D eigenvalue weighted by Crippen LogP contribution is -2.15. The molecule has 0 amide bonds. The van der Waals surface area contributed by atoms with Crippen LogP contribution in [0.3, 0.4) is 0 Å². The van der Waals surface area contributed by atoms with Crippen molar-refractivity contribution in [2.45, 2.75) is 57.8 Å². The van der Waals surface area contributed by atoms with Gasteiger partial charge in [0.05, 0.1) is 0 Å². The molecule has 0 spiro atoms. The highest BCUT2D eigenvalue weighted by atomic mass is 32.2. The van der Waals surface area contributed by atoms with E-state index in [1.807, 2.05) is 0 Å². The standard InChI is InChI=1S/C19H25F2S2/c1-2-4-13-5-7-14(8-6-13)15-11-16(20)18(17(21)12-15)19-22-9-3-10-23-19/h11-14H,2-10H2,1H3/q+1. The average Bonchev–Trinajstić information content (AvgIpc) is 2.56. The second-order valence-corrected chi connectivity index (χ2v) is 9.17. The van der Waals surface area contributed by atoms with Gasteiger partial charge < -0.3 is 0 Å². The van der Waals surface area contributed by atoms with E-state index in [9.17, 15) is 8.78 Å². The molecule has 0 N–H and O–H groups in total. The first kappa shape index (κ1) is 17.3. The van der Waals surface area contributed by atoms with Crippen molar-refractivity contribution >= 4 is 27.3 Å². The molecule has 0 atom stereocenters. The molecular formula is C19H25F2S2+. The Hall–Kier alpha value is -0.480. The number of hydrogen-bond acceptors (Lipinski definition) is 1. The fourth-order valence-corrected chi connectivity index (χ4v) is 6.43. The molecule has 0 nitrogen and oxygen atoms in total. The summed E-state index contributed by atoms with van der Waals surface area (Å²) in [6.07, 6.45) is 8.19. The van der Waals surface area contributed by atoms with Crippen LogP contribution in [0.1, 0.15) is 68.9 Å². The van der Waals surface area contributed by atoms with Gasteiger partial charge in [-0.15, -0.1) is 0 Å². The van der Waals surface area contributed by atoms with Gasteiger partial charge >= 0.3 is 0 Å². The Labute approximate surface area is 146 Å². The third-order valence-electron chi connectivity index (χ3n) is 5.04. The second kappa shape index (κ2) is 8.06.